The van der Waals surface area contributed by atoms with Gasteiger partial charge in [0.1, 0.15) is 0 Å². The second-order valence-corrected chi connectivity index (χ2v) is 5.28. The minimum Gasteiger partial charge on any atom is -0.462 e. The van der Waals surface area contributed by atoms with Gasteiger partial charge in [0.15, 0.2) is 0 Å². The average Bonchev–Trinajstić information content (AvgIpc) is 2.61. The summed E-state index contributed by atoms with van der Waals surface area (Å²) in [4.78, 5) is 22.0. The molecule has 6 nitrogen and oxygen atoms in total. The topological polar surface area (TPSA) is 78.7 Å². The van der Waals surface area contributed by atoms with Crippen LogP contribution in [-0.4, -0.2) is 30.7 Å². The van der Waals surface area contributed by atoms with Gasteiger partial charge in [0.2, 0.25) is 0 Å². The minimum absolute atomic E-state index is 0.0444. The number of hydrogen-bond donors (Lipinski definition) is 0. The molecule has 0 saturated carbocycles. The summed E-state index contributed by atoms with van der Waals surface area (Å²) in [6.07, 6.45) is 1.27. The Morgan fingerprint density at radius 2 is 1.79 bits per heavy atom. The van der Waals surface area contributed by atoms with Gasteiger partial charge in [0.05, 0.1) is 23.2 Å². The molecule has 24 heavy (non-hydrogen) atoms. The van der Waals surface area contributed by atoms with Gasteiger partial charge in [-0.05, 0) is 24.1 Å². The number of carbonyl (C=O) groups is 1. The lowest BCUT2D eigenvalue weighted by Gasteiger charge is -2.15. The molecule has 1 unspecified atom stereocenters. The quantitative estimate of drug-likeness (QED) is 0.421. The summed E-state index contributed by atoms with van der Waals surface area (Å²) in [5.74, 6) is -0.500. The Balaban J connectivity index is 1.81. The number of esters is 1. The molecule has 2 aromatic carbocycles. The first-order chi connectivity index (χ1) is 11.6. The SMILES string of the molecule is COC(CCOC(=O)c1ccc([N+](=O)[O-])cc1)Cc1ccccc1. The van der Waals surface area contributed by atoms with Crippen LogP contribution in [0.15, 0.2) is 54.6 Å². The third kappa shape index (κ3) is 5.17. The molecule has 0 radical (unpaired) electrons. The highest BCUT2D eigenvalue weighted by molar-refractivity contribution is 5.89. The Kier molecular flexibility index (Phi) is 6.45. The first-order valence-corrected chi connectivity index (χ1v) is 7.58. The first-order valence-electron chi connectivity index (χ1n) is 7.58. The summed E-state index contributed by atoms with van der Waals surface area (Å²) < 4.78 is 10.6. The van der Waals surface area contributed by atoms with Crippen LogP contribution < -0.4 is 0 Å². The lowest BCUT2D eigenvalue weighted by molar-refractivity contribution is -0.384. The van der Waals surface area contributed by atoms with Gasteiger partial charge in [0.25, 0.3) is 5.69 Å². The fourth-order valence-corrected chi connectivity index (χ4v) is 2.27. The van der Waals surface area contributed by atoms with E-state index in [1.165, 1.54) is 24.3 Å². The summed E-state index contributed by atoms with van der Waals surface area (Å²) in [6, 6.07) is 15.3. The van der Waals surface area contributed by atoms with Gasteiger partial charge < -0.3 is 9.47 Å². The van der Waals surface area contributed by atoms with Crippen molar-refractivity contribution in [2.75, 3.05) is 13.7 Å². The van der Waals surface area contributed by atoms with Crippen molar-refractivity contribution in [3.8, 4) is 0 Å². The van der Waals surface area contributed by atoms with Crippen molar-refractivity contribution in [3.63, 3.8) is 0 Å². The maximum Gasteiger partial charge on any atom is 0.338 e. The van der Waals surface area contributed by atoms with Crippen molar-refractivity contribution < 1.29 is 19.2 Å². The van der Waals surface area contributed by atoms with Gasteiger partial charge in [-0.25, -0.2) is 4.79 Å². The zero-order valence-electron chi connectivity index (χ0n) is 13.4. The summed E-state index contributed by atoms with van der Waals surface area (Å²) in [5.41, 5.74) is 1.39. The van der Waals surface area contributed by atoms with Crippen molar-refractivity contribution in [1.82, 2.24) is 0 Å². The number of rotatable bonds is 8. The average molecular weight is 329 g/mol. The van der Waals surface area contributed by atoms with Crippen LogP contribution in [0.1, 0.15) is 22.3 Å². The maximum absolute atomic E-state index is 11.9. The highest BCUT2D eigenvalue weighted by Crippen LogP contribution is 2.13. The van der Waals surface area contributed by atoms with Crippen molar-refractivity contribution in [1.29, 1.82) is 0 Å². The third-order valence-corrected chi connectivity index (χ3v) is 3.63. The molecular weight excluding hydrogens is 310 g/mol. The van der Waals surface area contributed by atoms with Gasteiger partial charge in [-0.15, -0.1) is 0 Å². The smallest absolute Gasteiger partial charge is 0.338 e. The van der Waals surface area contributed by atoms with E-state index >= 15 is 0 Å². The number of nitro groups is 1. The second-order valence-electron chi connectivity index (χ2n) is 5.28. The van der Waals surface area contributed by atoms with Crippen molar-refractivity contribution in [3.05, 3.63) is 75.8 Å². The maximum atomic E-state index is 11.9. The Bertz CT molecular complexity index is 670. The van der Waals surface area contributed by atoms with Gasteiger partial charge >= 0.3 is 5.97 Å². The predicted molar refractivity (Wildman–Crippen MR) is 88.9 cm³/mol. The number of nitrogens with zero attached hydrogens (tertiary/aromatic N) is 1. The van der Waals surface area contributed by atoms with Crippen LogP contribution in [0.3, 0.4) is 0 Å². The van der Waals surface area contributed by atoms with E-state index in [0.29, 0.717) is 6.42 Å². The van der Waals surface area contributed by atoms with Crippen molar-refractivity contribution >= 4 is 11.7 Å². The molecule has 0 aliphatic rings. The van der Waals surface area contributed by atoms with E-state index in [-0.39, 0.29) is 24.0 Å². The van der Waals surface area contributed by atoms with Gasteiger partial charge in [-0.2, -0.15) is 0 Å². The monoisotopic (exact) mass is 329 g/mol. The van der Waals surface area contributed by atoms with Crippen LogP contribution in [-0.2, 0) is 15.9 Å². The molecule has 1 atom stereocenters. The Morgan fingerprint density at radius 3 is 2.38 bits per heavy atom. The van der Waals surface area contributed by atoms with E-state index in [0.717, 1.165) is 12.0 Å². The van der Waals surface area contributed by atoms with E-state index in [2.05, 4.69) is 0 Å². The summed E-state index contributed by atoms with van der Waals surface area (Å²) in [6.45, 7) is 0.223. The lowest BCUT2D eigenvalue weighted by Crippen LogP contribution is -2.18. The molecule has 0 N–H and O–H groups in total. The summed E-state index contributed by atoms with van der Waals surface area (Å²) in [7, 11) is 1.63. The fraction of sp³-hybridized carbons (Fsp3) is 0.278. The van der Waals surface area contributed by atoms with Crippen LogP contribution in [0.5, 0.6) is 0 Å². The molecule has 0 aliphatic carbocycles. The predicted octanol–water partition coefficient (Wildman–Crippen LogP) is 3.40. The zero-order valence-corrected chi connectivity index (χ0v) is 13.4. The van der Waals surface area contributed by atoms with E-state index in [1.54, 1.807) is 7.11 Å². The zero-order chi connectivity index (χ0) is 17.4. The molecule has 2 rings (SSSR count). The standard InChI is InChI=1S/C18H19NO5/c1-23-17(13-14-5-3-2-4-6-14)11-12-24-18(20)15-7-9-16(10-8-15)19(21)22/h2-10,17H,11-13H2,1H3. The molecular formula is C18H19NO5. The molecule has 0 spiro atoms. The molecule has 2 aromatic rings. The first kappa shape index (κ1) is 17.6. The second kappa shape index (κ2) is 8.79. The highest BCUT2D eigenvalue weighted by atomic mass is 16.6. The Morgan fingerprint density at radius 1 is 1.12 bits per heavy atom. The molecule has 0 amide bonds. The van der Waals surface area contributed by atoms with E-state index in [9.17, 15) is 14.9 Å². The Labute approximate surface area is 140 Å². The van der Waals surface area contributed by atoms with Gasteiger partial charge in [-0.1, -0.05) is 30.3 Å². The normalized spacial score (nSPS) is 11.7. The molecule has 0 heterocycles. The fourth-order valence-electron chi connectivity index (χ4n) is 2.27. The van der Waals surface area contributed by atoms with Crippen LogP contribution >= 0.6 is 0 Å². The molecule has 0 saturated heterocycles. The van der Waals surface area contributed by atoms with Crippen LogP contribution in [0.2, 0.25) is 0 Å². The molecule has 6 heteroatoms. The number of nitro benzene ring substituents is 1. The number of ether oxygens (including phenoxy) is 2. The van der Waals surface area contributed by atoms with E-state index < -0.39 is 10.9 Å². The molecule has 0 aliphatic heterocycles. The largest absolute Gasteiger partial charge is 0.462 e. The molecule has 0 aromatic heterocycles. The van der Waals surface area contributed by atoms with Gasteiger partial charge in [0, 0.05) is 25.7 Å². The Hall–Kier alpha value is -2.73. The van der Waals surface area contributed by atoms with Crippen molar-refractivity contribution in [2.24, 2.45) is 0 Å². The van der Waals surface area contributed by atoms with Crippen LogP contribution in [0, 0.1) is 10.1 Å². The van der Waals surface area contributed by atoms with E-state index in [4.69, 9.17) is 9.47 Å². The number of hydrogen-bond acceptors (Lipinski definition) is 5. The molecule has 126 valence electrons. The lowest BCUT2D eigenvalue weighted by atomic mass is 10.1. The van der Waals surface area contributed by atoms with Crippen LogP contribution in [0.4, 0.5) is 5.69 Å². The minimum atomic E-state index is -0.512. The molecule has 0 bridgehead atoms. The number of non-ortho nitro benzene ring substituents is 1. The number of benzene rings is 2. The number of methoxy groups -OCH3 is 1. The van der Waals surface area contributed by atoms with Crippen LogP contribution in [0.25, 0.3) is 0 Å². The van der Waals surface area contributed by atoms with Crippen molar-refractivity contribution in [2.45, 2.75) is 18.9 Å². The van der Waals surface area contributed by atoms with E-state index in [1.807, 2.05) is 30.3 Å². The summed E-state index contributed by atoms with van der Waals surface area (Å²) >= 11 is 0. The number of carbonyl (C=O) groups excluding carboxylic acids is 1. The van der Waals surface area contributed by atoms with Gasteiger partial charge in [-0.3, -0.25) is 10.1 Å². The highest BCUT2D eigenvalue weighted by Gasteiger charge is 2.13. The summed E-state index contributed by atoms with van der Waals surface area (Å²) in [5, 5.41) is 10.6. The third-order valence-electron chi connectivity index (χ3n) is 3.63. The molecule has 0 fully saturated rings.